The van der Waals surface area contributed by atoms with E-state index in [0.717, 1.165) is 24.5 Å². The SMILES string of the molecule is O=C(O)CN1CCC2=C(C=C[SH]2c2ccccc2Cl)C1. The fourth-order valence-electron chi connectivity index (χ4n) is 2.71. The first kappa shape index (κ1) is 13.7. The summed E-state index contributed by atoms with van der Waals surface area (Å²) in [6.45, 7) is 1.67. The lowest BCUT2D eigenvalue weighted by molar-refractivity contribution is -0.138. The summed E-state index contributed by atoms with van der Waals surface area (Å²) in [5, 5.41) is 11.9. The summed E-state index contributed by atoms with van der Waals surface area (Å²) in [5.41, 5.74) is 1.28. The molecule has 1 atom stereocenters. The highest BCUT2D eigenvalue weighted by molar-refractivity contribution is 8.23. The van der Waals surface area contributed by atoms with E-state index >= 15 is 0 Å². The maximum atomic E-state index is 10.8. The molecule has 1 aromatic rings. The molecule has 5 heteroatoms. The molecule has 0 saturated carbocycles. The van der Waals surface area contributed by atoms with Crippen molar-refractivity contribution >= 4 is 28.5 Å². The van der Waals surface area contributed by atoms with Crippen molar-refractivity contribution in [1.82, 2.24) is 4.90 Å². The number of nitrogens with zero attached hydrogens (tertiary/aromatic N) is 1. The molecular formula is C15H16ClNO2S. The van der Waals surface area contributed by atoms with E-state index in [0.29, 0.717) is 0 Å². The van der Waals surface area contributed by atoms with Gasteiger partial charge >= 0.3 is 5.97 Å². The van der Waals surface area contributed by atoms with Crippen molar-refractivity contribution in [3.05, 3.63) is 51.3 Å². The van der Waals surface area contributed by atoms with Crippen molar-refractivity contribution in [1.29, 1.82) is 0 Å². The van der Waals surface area contributed by atoms with Crippen LogP contribution in [0.3, 0.4) is 0 Å². The van der Waals surface area contributed by atoms with Gasteiger partial charge in [-0.3, -0.25) is 9.69 Å². The molecule has 1 N–H and O–H groups in total. The van der Waals surface area contributed by atoms with Crippen LogP contribution in [0.2, 0.25) is 5.02 Å². The van der Waals surface area contributed by atoms with Gasteiger partial charge in [0.25, 0.3) is 0 Å². The maximum Gasteiger partial charge on any atom is 0.317 e. The number of halogens is 1. The van der Waals surface area contributed by atoms with Gasteiger partial charge < -0.3 is 5.11 Å². The quantitative estimate of drug-likeness (QED) is 0.842. The van der Waals surface area contributed by atoms with Gasteiger partial charge in [0.2, 0.25) is 0 Å². The molecule has 2 heterocycles. The summed E-state index contributed by atoms with van der Waals surface area (Å²) in [7, 11) is -0.465. The van der Waals surface area contributed by atoms with Crippen LogP contribution in [0.15, 0.2) is 51.1 Å². The first-order chi connectivity index (χ1) is 9.65. The van der Waals surface area contributed by atoms with E-state index in [-0.39, 0.29) is 6.54 Å². The van der Waals surface area contributed by atoms with Gasteiger partial charge in [-0.2, -0.15) is 10.9 Å². The van der Waals surface area contributed by atoms with Crippen LogP contribution in [-0.4, -0.2) is 35.6 Å². The molecule has 0 aromatic heterocycles. The molecule has 0 bridgehead atoms. The largest absolute Gasteiger partial charge is 0.480 e. The second-order valence-electron chi connectivity index (χ2n) is 4.96. The third kappa shape index (κ3) is 2.64. The minimum absolute atomic E-state index is 0.120. The number of carbonyl (C=O) groups is 1. The fourth-order valence-corrected chi connectivity index (χ4v) is 5.43. The van der Waals surface area contributed by atoms with Crippen molar-refractivity contribution in [3.8, 4) is 0 Å². The summed E-state index contributed by atoms with van der Waals surface area (Å²) in [4.78, 5) is 15.4. The standard InChI is InChI=1S/C15H16ClNO2S/c16-12-3-1-2-4-14(12)20-8-6-11-9-17(10-15(18)19)7-5-13(11)20/h1-4,6,8,20H,5,7,9-10H2,(H,18,19). The van der Waals surface area contributed by atoms with E-state index < -0.39 is 16.9 Å². The van der Waals surface area contributed by atoms with Gasteiger partial charge in [-0.15, -0.1) is 0 Å². The minimum atomic E-state index is -0.760. The van der Waals surface area contributed by atoms with Crippen LogP contribution in [0, 0.1) is 0 Å². The van der Waals surface area contributed by atoms with Gasteiger partial charge in [0, 0.05) is 18.0 Å². The fraction of sp³-hybridized carbons (Fsp3) is 0.267. The van der Waals surface area contributed by atoms with Gasteiger partial charge in [0.15, 0.2) is 0 Å². The highest BCUT2D eigenvalue weighted by Crippen LogP contribution is 2.55. The number of benzene rings is 1. The average Bonchev–Trinajstić information content (AvgIpc) is 2.81. The Bertz CT molecular complexity index is 612. The molecular weight excluding hydrogens is 294 g/mol. The highest BCUT2D eigenvalue weighted by atomic mass is 35.5. The van der Waals surface area contributed by atoms with Crippen LogP contribution in [0.1, 0.15) is 6.42 Å². The third-order valence-corrected chi connectivity index (χ3v) is 6.53. The van der Waals surface area contributed by atoms with Gasteiger partial charge in [-0.25, -0.2) is 0 Å². The maximum absolute atomic E-state index is 10.8. The summed E-state index contributed by atoms with van der Waals surface area (Å²) < 4.78 is 0. The number of rotatable bonds is 3. The van der Waals surface area contributed by atoms with E-state index in [1.807, 2.05) is 23.1 Å². The van der Waals surface area contributed by atoms with Crippen molar-refractivity contribution in [2.75, 3.05) is 19.6 Å². The van der Waals surface area contributed by atoms with E-state index in [9.17, 15) is 4.79 Å². The first-order valence-corrected chi connectivity index (χ1v) is 8.32. The van der Waals surface area contributed by atoms with Crippen LogP contribution >= 0.6 is 22.5 Å². The number of aliphatic carboxylic acids is 1. The summed E-state index contributed by atoms with van der Waals surface area (Å²) in [5.74, 6) is -0.760. The monoisotopic (exact) mass is 309 g/mol. The van der Waals surface area contributed by atoms with Gasteiger partial charge in [0.05, 0.1) is 11.6 Å². The highest BCUT2D eigenvalue weighted by Gasteiger charge is 2.26. The Hall–Kier alpha value is -1.23. The van der Waals surface area contributed by atoms with Crippen LogP contribution in [-0.2, 0) is 4.79 Å². The van der Waals surface area contributed by atoms with E-state index in [1.54, 1.807) is 0 Å². The second-order valence-corrected chi connectivity index (χ2v) is 7.43. The molecule has 0 amide bonds. The molecule has 0 radical (unpaired) electrons. The molecule has 20 heavy (non-hydrogen) atoms. The van der Waals surface area contributed by atoms with Crippen molar-refractivity contribution in [3.63, 3.8) is 0 Å². The number of hydrogen-bond acceptors (Lipinski definition) is 2. The van der Waals surface area contributed by atoms with Gasteiger partial charge in [-0.05, 0) is 34.4 Å². The smallest absolute Gasteiger partial charge is 0.317 e. The minimum Gasteiger partial charge on any atom is -0.480 e. The lowest BCUT2D eigenvalue weighted by Gasteiger charge is -2.30. The molecule has 0 saturated heterocycles. The van der Waals surface area contributed by atoms with Gasteiger partial charge in [-0.1, -0.05) is 29.8 Å². The van der Waals surface area contributed by atoms with Crippen LogP contribution in [0.4, 0.5) is 0 Å². The van der Waals surface area contributed by atoms with Gasteiger partial charge in [0.1, 0.15) is 0 Å². The molecule has 2 aliphatic rings. The van der Waals surface area contributed by atoms with E-state index in [2.05, 4.69) is 17.6 Å². The first-order valence-electron chi connectivity index (χ1n) is 6.53. The summed E-state index contributed by atoms with van der Waals surface area (Å²) in [6, 6.07) is 8.00. The van der Waals surface area contributed by atoms with Crippen molar-refractivity contribution in [2.45, 2.75) is 11.3 Å². The number of hydrogen-bond donors (Lipinski definition) is 2. The van der Waals surface area contributed by atoms with Crippen LogP contribution < -0.4 is 0 Å². The Kier molecular flexibility index (Phi) is 3.87. The third-order valence-electron chi connectivity index (χ3n) is 3.62. The summed E-state index contributed by atoms with van der Waals surface area (Å²) >= 11 is 6.30. The Morgan fingerprint density at radius 3 is 2.95 bits per heavy atom. The molecule has 3 rings (SSSR count). The zero-order valence-electron chi connectivity index (χ0n) is 10.9. The van der Waals surface area contributed by atoms with Crippen LogP contribution in [0.25, 0.3) is 0 Å². The zero-order chi connectivity index (χ0) is 14.1. The normalized spacial score (nSPS) is 23.9. The lowest BCUT2D eigenvalue weighted by Crippen LogP contribution is -2.35. The molecule has 0 fully saturated rings. The molecule has 1 aromatic carbocycles. The Morgan fingerprint density at radius 1 is 1.40 bits per heavy atom. The predicted molar refractivity (Wildman–Crippen MR) is 83.6 cm³/mol. The number of thiol groups is 1. The summed E-state index contributed by atoms with van der Waals surface area (Å²) in [6.07, 6.45) is 3.09. The zero-order valence-corrected chi connectivity index (χ0v) is 12.6. The molecule has 106 valence electrons. The Morgan fingerprint density at radius 2 is 2.20 bits per heavy atom. The molecule has 2 aliphatic heterocycles. The second kappa shape index (κ2) is 5.64. The van der Waals surface area contributed by atoms with Crippen molar-refractivity contribution in [2.24, 2.45) is 0 Å². The molecule has 3 nitrogen and oxygen atoms in total. The average molecular weight is 310 g/mol. The Labute approximate surface area is 125 Å². The van der Waals surface area contributed by atoms with Crippen molar-refractivity contribution < 1.29 is 9.90 Å². The molecule has 0 aliphatic carbocycles. The van der Waals surface area contributed by atoms with Crippen LogP contribution in [0.5, 0.6) is 0 Å². The molecule has 0 spiro atoms. The lowest BCUT2D eigenvalue weighted by atomic mass is 10.1. The van der Waals surface area contributed by atoms with E-state index in [1.165, 1.54) is 15.4 Å². The number of carboxylic acid groups (broad SMARTS) is 1. The Balaban J connectivity index is 1.83. The predicted octanol–water partition coefficient (Wildman–Crippen LogP) is 3.27. The number of carboxylic acids is 1. The topological polar surface area (TPSA) is 40.5 Å². The van der Waals surface area contributed by atoms with E-state index in [4.69, 9.17) is 16.7 Å². The molecule has 1 unspecified atom stereocenters.